The lowest BCUT2D eigenvalue weighted by atomic mass is 10.1. The number of methoxy groups -OCH3 is 1. The molecule has 0 N–H and O–H groups in total. The van der Waals surface area contributed by atoms with Crippen LogP contribution >= 0.6 is 0 Å². The number of nitriles is 1. The molecule has 1 aromatic carbocycles. The number of benzene rings is 1. The zero-order valence-corrected chi connectivity index (χ0v) is 11.4. The average Bonchev–Trinajstić information content (AvgIpc) is 2.98. The lowest BCUT2D eigenvalue weighted by molar-refractivity contribution is 0.0709. The van der Waals surface area contributed by atoms with Crippen molar-refractivity contribution in [2.75, 3.05) is 13.7 Å². The zero-order valence-electron chi connectivity index (χ0n) is 11.4. The molecule has 0 radical (unpaired) electrons. The first-order valence-corrected chi connectivity index (χ1v) is 6.69. The molecule has 4 nitrogen and oxygen atoms in total. The largest absolute Gasteiger partial charge is 0.494 e. The molecule has 1 amide bonds. The quantitative estimate of drug-likeness (QED) is 0.794. The minimum Gasteiger partial charge on any atom is -0.494 e. The summed E-state index contributed by atoms with van der Waals surface area (Å²) in [4.78, 5) is 14.1. The number of rotatable bonds is 4. The number of carbonyl (C=O) groups excluding carboxylic acids is 1. The molecule has 1 aromatic rings. The number of hydrogen-bond acceptors (Lipinski definition) is 3. The van der Waals surface area contributed by atoms with Crippen molar-refractivity contribution in [3.8, 4) is 11.8 Å². The maximum Gasteiger partial charge on any atom is 0.255 e. The first-order valence-electron chi connectivity index (χ1n) is 6.69. The highest BCUT2D eigenvalue weighted by atomic mass is 19.1. The average molecular weight is 276 g/mol. The van der Waals surface area contributed by atoms with Crippen LogP contribution in [-0.2, 0) is 0 Å². The van der Waals surface area contributed by atoms with E-state index in [-0.39, 0.29) is 24.2 Å². The summed E-state index contributed by atoms with van der Waals surface area (Å²) in [6, 6.07) is 6.17. The van der Waals surface area contributed by atoms with E-state index in [0.717, 1.165) is 25.7 Å². The first kappa shape index (κ1) is 14.3. The fourth-order valence-electron chi connectivity index (χ4n) is 2.62. The number of carbonyl (C=O) groups is 1. The van der Waals surface area contributed by atoms with Gasteiger partial charge in [-0.3, -0.25) is 4.79 Å². The summed E-state index contributed by atoms with van der Waals surface area (Å²) in [5, 5.41) is 8.91. The third kappa shape index (κ3) is 2.90. The maximum absolute atomic E-state index is 13.4. The molecule has 106 valence electrons. The van der Waals surface area contributed by atoms with Crippen LogP contribution in [-0.4, -0.2) is 30.5 Å². The van der Waals surface area contributed by atoms with Crippen LogP contribution in [0.2, 0.25) is 0 Å². The summed E-state index contributed by atoms with van der Waals surface area (Å²) in [5.74, 6) is -0.701. The van der Waals surface area contributed by atoms with Crippen LogP contribution in [0.1, 0.15) is 36.0 Å². The molecule has 0 aliphatic heterocycles. The van der Waals surface area contributed by atoms with Gasteiger partial charge in [-0.25, -0.2) is 4.39 Å². The highest BCUT2D eigenvalue weighted by molar-refractivity contribution is 5.95. The molecule has 1 saturated carbocycles. The molecule has 0 bridgehead atoms. The predicted octanol–water partition coefficient (Wildman–Crippen LogP) is 2.74. The minimum absolute atomic E-state index is 0.0409. The summed E-state index contributed by atoms with van der Waals surface area (Å²) >= 11 is 0. The van der Waals surface area contributed by atoms with E-state index in [9.17, 15) is 9.18 Å². The van der Waals surface area contributed by atoms with Gasteiger partial charge >= 0.3 is 0 Å². The standard InChI is InChI=1S/C15H17FN2O2/c1-20-14-10-11(6-7-13(14)16)15(19)18(9-8-17)12-4-2-3-5-12/h6-7,10,12H,2-5,9H2,1H3. The van der Waals surface area contributed by atoms with Gasteiger partial charge in [0.2, 0.25) is 0 Å². The smallest absolute Gasteiger partial charge is 0.255 e. The Kier molecular flexibility index (Phi) is 4.57. The fourth-order valence-corrected chi connectivity index (χ4v) is 2.62. The van der Waals surface area contributed by atoms with E-state index < -0.39 is 5.82 Å². The normalized spacial score (nSPS) is 14.8. The van der Waals surface area contributed by atoms with Gasteiger partial charge in [-0.15, -0.1) is 0 Å². The Bertz CT molecular complexity index is 533. The summed E-state index contributed by atoms with van der Waals surface area (Å²) in [5.41, 5.74) is 0.352. The summed E-state index contributed by atoms with van der Waals surface area (Å²) in [6.07, 6.45) is 4.00. The molecule has 0 atom stereocenters. The van der Waals surface area contributed by atoms with Gasteiger partial charge in [-0.1, -0.05) is 12.8 Å². The highest BCUT2D eigenvalue weighted by Gasteiger charge is 2.27. The topological polar surface area (TPSA) is 53.3 Å². The van der Waals surface area contributed by atoms with Gasteiger partial charge < -0.3 is 9.64 Å². The molecular weight excluding hydrogens is 259 g/mol. The Hall–Kier alpha value is -2.09. The second-order valence-corrected chi connectivity index (χ2v) is 4.88. The summed E-state index contributed by atoms with van der Waals surface area (Å²) in [6.45, 7) is 0.0587. The second kappa shape index (κ2) is 6.38. The number of amides is 1. The maximum atomic E-state index is 13.4. The van der Waals surface area contributed by atoms with Crippen LogP contribution in [0.4, 0.5) is 4.39 Å². The van der Waals surface area contributed by atoms with Crippen molar-refractivity contribution in [1.29, 1.82) is 5.26 Å². The molecular formula is C15H17FN2O2. The van der Waals surface area contributed by atoms with E-state index in [1.54, 1.807) is 4.90 Å². The molecule has 0 aromatic heterocycles. The molecule has 1 aliphatic carbocycles. The van der Waals surface area contributed by atoms with Crippen LogP contribution < -0.4 is 4.74 Å². The van der Waals surface area contributed by atoms with Crippen LogP contribution in [0.3, 0.4) is 0 Å². The summed E-state index contributed by atoms with van der Waals surface area (Å²) < 4.78 is 18.3. The number of nitrogens with zero attached hydrogens (tertiary/aromatic N) is 2. The first-order chi connectivity index (χ1) is 9.67. The Morgan fingerprint density at radius 1 is 1.50 bits per heavy atom. The van der Waals surface area contributed by atoms with Gasteiger partial charge in [0.1, 0.15) is 6.54 Å². The predicted molar refractivity (Wildman–Crippen MR) is 71.9 cm³/mol. The third-order valence-corrected chi connectivity index (χ3v) is 3.67. The van der Waals surface area contributed by atoms with E-state index in [2.05, 4.69) is 0 Å². The van der Waals surface area contributed by atoms with Gasteiger partial charge in [0, 0.05) is 11.6 Å². The monoisotopic (exact) mass is 276 g/mol. The van der Waals surface area contributed by atoms with E-state index in [0.29, 0.717) is 5.56 Å². The summed E-state index contributed by atoms with van der Waals surface area (Å²) in [7, 11) is 1.36. The Morgan fingerprint density at radius 3 is 2.80 bits per heavy atom. The van der Waals surface area contributed by atoms with Crippen molar-refractivity contribution in [1.82, 2.24) is 4.90 Å². The molecule has 0 spiro atoms. The van der Waals surface area contributed by atoms with Crippen molar-refractivity contribution >= 4 is 5.91 Å². The van der Waals surface area contributed by atoms with Crippen molar-refractivity contribution in [2.45, 2.75) is 31.7 Å². The number of hydrogen-bond donors (Lipinski definition) is 0. The molecule has 20 heavy (non-hydrogen) atoms. The molecule has 5 heteroatoms. The van der Waals surface area contributed by atoms with Crippen LogP contribution in [0.15, 0.2) is 18.2 Å². The van der Waals surface area contributed by atoms with Crippen LogP contribution in [0.25, 0.3) is 0 Å². The van der Waals surface area contributed by atoms with Crippen molar-refractivity contribution in [2.24, 2.45) is 0 Å². The molecule has 0 unspecified atom stereocenters. The lowest BCUT2D eigenvalue weighted by Gasteiger charge is -2.26. The molecule has 1 aliphatic rings. The van der Waals surface area contributed by atoms with Crippen molar-refractivity contribution in [3.63, 3.8) is 0 Å². The Balaban J connectivity index is 2.25. The van der Waals surface area contributed by atoms with E-state index in [1.807, 2.05) is 6.07 Å². The van der Waals surface area contributed by atoms with E-state index in [1.165, 1.54) is 25.3 Å². The minimum atomic E-state index is -0.503. The van der Waals surface area contributed by atoms with E-state index in [4.69, 9.17) is 10.00 Å². The van der Waals surface area contributed by atoms with Crippen LogP contribution in [0.5, 0.6) is 5.75 Å². The number of halogens is 1. The van der Waals surface area contributed by atoms with Crippen molar-refractivity contribution in [3.05, 3.63) is 29.6 Å². The Labute approximate surface area is 117 Å². The lowest BCUT2D eigenvalue weighted by Crippen LogP contribution is -2.39. The van der Waals surface area contributed by atoms with Gasteiger partial charge in [-0.05, 0) is 31.0 Å². The molecule has 1 fully saturated rings. The van der Waals surface area contributed by atoms with Gasteiger partial charge in [0.25, 0.3) is 5.91 Å². The highest BCUT2D eigenvalue weighted by Crippen LogP contribution is 2.26. The molecule has 2 rings (SSSR count). The molecule has 0 heterocycles. The number of ether oxygens (including phenoxy) is 1. The van der Waals surface area contributed by atoms with Crippen LogP contribution in [0, 0.1) is 17.1 Å². The second-order valence-electron chi connectivity index (χ2n) is 4.88. The van der Waals surface area contributed by atoms with Crippen molar-refractivity contribution < 1.29 is 13.9 Å². The van der Waals surface area contributed by atoms with E-state index >= 15 is 0 Å². The van der Waals surface area contributed by atoms with Gasteiger partial charge in [-0.2, -0.15) is 5.26 Å². The SMILES string of the molecule is COc1cc(C(=O)N(CC#N)C2CCCC2)ccc1F. The zero-order chi connectivity index (χ0) is 14.5. The fraction of sp³-hybridized carbons (Fsp3) is 0.467. The van der Waals surface area contributed by atoms with Gasteiger partial charge in [0.05, 0.1) is 13.2 Å². The third-order valence-electron chi connectivity index (χ3n) is 3.67. The Morgan fingerprint density at radius 2 is 2.20 bits per heavy atom. The van der Waals surface area contributed by atoms with Gasteiger partial charge in [0.15, 0.2) is 11.6 Å². The molecule has 0 saturated heterocycles.